The van der Waals surface area contributed by atoms with E-state index < -0.39 is 5.97 Å². The molecule has 2 aromatic rings. The van der Waals surface area contributed by atoms with Crippen molar-refractivity contribution in [2.75, 3.05) is 5.32 Å². The molecule has 0 saturated carbocycles. The Hall–Kier alpha value is -2.70. The van der Waals surface area contributed by atoms with Crippen molar-refractivity contribution in [3.8, 4) is 0 Å². The largest absolute Gasteiger partial charge is 0.481 e. The Morgan fingerprint density at radius 3 is 2.68 bits per heavy atom. The number of pyridine rings is 1. The van der Waals surface area contributed by atoms with Crippen molar-refractivity contribution < 1.29 is 14.7 Å². The number of aliphatic carboxylic acids is 1. The molecule has 7 nitrogen and oxygen atoms in total. The van der Waals surface area contributed by atoms with Crippen LogP contribution in [0.4, 0.5) is 5.69 Å². The van der Waals surface area contributed by atoms with E-state index in [4.69, 9.17) is 5.11 Å². The van der Waals surface area contributed by atoms with Gasteiger partial charge in [-0.25, -0.2) is 4.98 Å². The molecule has 0 unspecified atom stereocenters. The second-order valence-corrected chi connectivity index (χ2v) is 3.99. The summed E-state index contributed by atoms with van der Waals surface area (Å²) in [6.07, 6.45) is 4.40. The molecule has 0 bridgehead atoms. The van der Waals surface area contributed by atoms with Crippen LogP contribution in [0.5, 0.6) is 0 Å². The van der Waals surface area contributed by atoms with Crippen molar-refractivity contribution in [1.29, 1.82) is 0 Å². The van der Waals surface area contributed by atoms with Gasteiger partial charge in [0.1, 0.15) is 5.69 Å². The second kappa shape index (κ2) is 5.30. The molecular weight excluding hydrogens is 248 g/mol. The SMILES string of the molecule is Cn1cnc(C(=O)Nc2ccc(CC(=O)O)nc2)c1. The maximum absolute atomic E-state index is 11.8. The van der Waals surface area contributed by atoms with E-state index in [0.717, 1.165) is 0 Å². The number of nitrogens with zero attached hydrogens (tertiary/aromatic N) is 3. The first-order valence-electron chi connectivity index (χ1n) is 5.50. The number of hydrogen-bond acceptors (Lipinski definition) is 4. The summed E-state index contributed by atoms with van der Waals surface area (Å²) >= 11 is 0. The minimum atomic E-state index is -0.947. The standard InChI is InChI=1S/C12H12N4O3/c1-16-6-10(14-7-16)12(19)15-9-3-2-8(13-5-9)4-11(17)18/h2-3,5-7H,4H2,1H3,(H,15,19)(H,17,18). The van der Waals surface area contributed by atoms with E-state index in [1.165, 1.54) is 12.5 Å². The maximum atomic E-state index is 11.8. The monoisotopic (exact) mass is 260 g/mol. The second-order valence-electron chi connectivity index (χ2n) is 3.99. The third-order valence-electron chi connectivity index (χ3n) is 2.35. The number of amides is 1. The summed E-state index contributed by atoms with van der Waals surface area (Å²) in [7, 11) is 1.77. The van der Waals surface area contributed by atoms with E-state index in [1.807, 2.05) is 0 Å². The van der Waals surface area contributed by atoms with Gasteiger partial charge in [0, 0.05) is 13.2 Å². The molecular formula is C12H12N4O3. The van der Waals surface area contributed by atoms with Crippen molar-refractivity contribution in [3.63, 3.8) is 0 Å². The Morgan fingerprint density at radius 2 is 2.16 bits per heavy atom. The van der Waals surface area contributed by atoms with Crippen LogP contribution in [0.3, 0.4) is 0 Å². The molecule has 2 N–H and O–H groups in total. The molecule has 7 heteroatoms. The Morgan fingerprint density at radius 1 is 1.37 bits per heavy atom. The number of nitrogens with one attached hydrogen (secondary N) is 1. The maximum Gasteiger partial charge on any atom is 0.309 e. The van der Waals surface area contributed by atoms with E-state index in [2.05, 4.69) is 15.3 Å². The summed E-state index contributed by atoms with van der Waals surface area (Å²) in [5.41, 5.74) is 1.23. The van der Waals surface area contributed by atoms with Gasteiger partial charge < -0.3 is 15.0 Å². The minimum absolute atomic E-state index is 0.144. The molecule has 0 radical (unpaired) electrons. The van der Waals surface area contributed by atoms with Crippen LogP contribution in [-0.2, 0) is 18.3 Å². The van der Waals surface area contributed by atoms with Gasteiger partial charge in [0.05, 0.1) is 30.3 Å². The van der Waals surface area contributed by atoms with Crippen LogP contribution in [0.2, 0.25) is 0 Å². The first-order valence-corrected chi connectivity index (χ1v) is 5.50. The number of carbonyl (C=O) groups is 2. The number of carboxylic acids is 1. The molecule has 0 aromatic carbocycles. The van der Waals surface area contributed by atoms with Crippen molar-refractivity contribution in [2.24, 2.45) is 7.05 Å². The fourth-order valence-corrected chi connectivity index (χ4v) is 1.48. The van der Waals surface area contributed by atoms with Crippen LogP contribution in [0.15, 0.2) is 30.9 Å². The zero-order chi connectivity index (χ0) is 13.8. The number of aryl methyl sites for hydroxylation is 1. The van der Waals surface area contributed by atoms with Crippen LogP contribution in [0.1, 0.15) is 16.2 Å². The lowest BCUT2D eigenvalue weighted by Gasteiger charge is -2.03. The third-order valence-corrected chi connectivity index (χ3v) is 2.35. The summed E-state index contributed by atoms with van der Waals surface area (Å²) in [4.78, 5) is 30.2. The molecule has 0 spiro atoms. The quantitative estimate of drug-likeness (QED) is 0.843. The number of carbonyl (C=O) groups excluding carboxylic acids is 1. The van der Waals surface area contributed by atoms with E-state index in [-0.39, 0.29) is 12.3 Å². The molecule has 0 aliphatic heterocycles. The van der Waals surface area contributed by atoms with Crippen molar-refractivity contribution in [2.45, 2.75) is 6.42 Å². The lowest BCUT2D eigenvalue weighted by Crippen LogP contribution is -2.12. The Labute approximate surface area is 108 Å². The highest BCUT2D eigenvalue weighted by atomic mass is 16.4. The Kier molecular flexibility index (Phi) is 3.56. The molecule has 2 rings (SSSR count). The van der Waals surface area contributed by atoms with Gasteiger partial charge in [-0.15, -0.1) is 0 Å². The molecule has 19 heavy (non-hydrogen) atoms. The van der Waals surface area contributed by atoms with Crippen LogP contribution >= 0.6 is 0 Å². The number of aromatic nitrogens is 3. The summed E-state index contributed by atoms with van der Waals surface area (Å²) in [5.74, 6) is -1.29. The van der Waals surface area contributed by atoms with E-state index in [9.17, 15) is 9.59 Å². The smallest absolute Gasteiger partial charge is 0.309 e. The molecule has 2 heterocycles. The highest BCUT2D eigenvalue weighted by Gasteiger charge is 2.09. The summed E-state index contributed by atoms with van der Waals surface area (Å²) < 4.78 is 1.67. The third kappa shape index (κ3) is 3.38. The number of imidazole rings is 1. The summed E-state index contributed by atoms with van der Waals surface area (Å²) in [6, 6.07) is 3.16. The topological polar surface area (TPSA) is 97.1 Å². The van der Waals surface area contributed by atoms with Crippen LogP contribution < -0.4 is 5.32 Å². The molecule has 98 valence electrons. The predicted octanol–water partition coefficient (Wildman–Crippen LogP) is 0.694. The first-order chi connectivity index (χ1) is 9.04. The van der Waals surface area contributed by atoms with Gasteiger partial charge >= 0.3 is 5.97 Å². The fraction of sp³-hybridized carbons (Fsp3) is 0.167. The zero-order valence-corrected chi connectivity index (χ0v) is 10.2. The summed E-state index contributed by atoms with van der Waals surface area (Å²) in [6.45, 7) is 0. The zero-order valence-electron chi connectivity index (χ0n) is 10.2. The molecule has 0 atom stereocenters. The van der Waals surface area contributed by atoms with Gasteiger partial charge in [-0.05, 0) is 12.1 Å². The Balaban J connectivity index is 2.03. The normalized spacial score (nSPS) is 10.2. The van der Waals surface area contributed by atoms with Gasteiger partial charge in [0.2, 0.25) is 0 Å². The van der Waals surface area contributed by atoms with Crippen LogP contribution in [0.25, 0.3) is 0 Å². The van der Waals surface area contributed by atoms with Gasteiger partial charge in [0.25, 0.3) is 5.91 Å². The number of rotatable bonds is 4. The van der Waals surface area contributed by atoms with Crippen molar-refractivity contribution in [1.82, 2.24) is 14.5 Å². The van der Waals surface area contributed by atoms with Crippen LogP contribution in [-0.4, -0.2) is 31.5 Å². The van der Waals surface area contributed by atoms with Gasteiger partial charge in [-0.2, -0.15) is 0 Å². The molecule has 0 saturated heterocycles. The molecule has 2 aromatic heterocycles. The first kappa shape index (κ1) is 12.7. The van der Waals surface area contributed by atoms with E-state index >= 15 is 0 Å². The number of hydrogen-bond donors (Lipinski definition) is 2. The molecule has 0 aliphatic carbocycles. The Bertz CT molecular complexity index is 604. The highest BCUT2D eigenvalue weighted by Crippen LogP contribution is 2.08. The van der Waals surface area contributed by atoms with E-state index in [0.29, 0.717) is 17.1 Å². The molecule has 1 amide bonds. The van der Waals surface area contributed by atoms with Crippen molar-refractivity contribution >= 4 is 17.6 Å². The van der Waals surface area contributed by atoms with Gasteiger partial charge in [0.15, 0.2) is 0 Å². The lowest BCUT2D eigenvalue weighted by atomic mass is 10.2. The molecule has 0 aliphatic rings. The average Bonchev–Trinajstić information content (AvgIpc) is 2.78. The van der Waals surface area contributed by atoms with E-state index in [1.54, 1.807) is 29.9 Å². The number of carboxylic acid groups (broad SMARTS) is 1. The number of anilines is 1. The average molecular weight is 260 g/mol. The predicted molar refractivity (Wildman–Crippen MR) is 66.7 cm³/mol. The van der Waals surface area contributed by atoms with Crippen molar-refractivity contribution in [3.05, 3.63) is 42.2 Å². The lowest BCUT2D eigenvalue weighted by molar-refractivity contribution is -0.136. The van der Waals surface area contributed by atoms with Crippen LogP contribution in [0, 0.1) is 0 Å². The molecule has 0 fully saturated rings. The summed E-state index contributed by atoms with van der Waals surface area (Å²) in [5, 5.41) is 11.2. The minimum Gasteiger partial charge on any atom is -0.481 e. The van der Waals surface area contributed by atoms with Gasteiger partial charge in [-0.3, -0.25) is 14.6 Å². The fourth-order valence-electron chi connectivity index (χ4n) is 1.48. The van der Waals surface area contributed by atoms with Gasteiger partial charge in [-0.1, -0.05) is 0 Å². The highest BCUT2D eigenvalue weighted by molar-refractivity contribution is 6.02.